The second-order valence-corrected chi connectivity index (χ2v) is 4.76. The Hall–Kier alpha value is -2.48. The summed E-state index contributed by atoms with van der Waals surface area (Å²) in [4.78, 5) is 4.40. The third-order valence-electron chi connectivity index (χ3n) is 3.32. The predicted octanol–water partition coefficient (Wildman–Crippen LogP) is 4.86. The van der Waals surface area contributed by atoms with Crippen LogP contribution >= 0.6 is 0 Å². The van der Waals surface area contributed by atoms with Crippen molar-refractivity contribution in [2.24, 2.45) is 0 Å². The summed E-state index contributed by atoms with van der Waals surface area (Å²) in [7, 11) is 0. The molecule has 0 bridgehead atoms. The summed E-state index contributed by atoms with van der Waals surface area (Å²) in [6, 6.07) is 19.2. The van der Waals surface area contributed by atoms with Gasteiger partial charge in [-0.05, 0) is 47.9 Å². The van der Waals surface area contributed by atoms with Crippen molar-refractivity contribution < 1.29 is 4.39 Å². The molecule has 0 N–H and O–H groups in total. The normalized spacial score (nSPS) is 10.5. The van der Waals surface area contributed by atoms with Crippen LogP contribution in [0.5, 0.6) is 0 Å². The third kappa shape index (κ3) is 2.45. The molecule has 3 rings (SSSR count). The first-order chi connectivity index (χ1) is 9.74. The van der Waals surface area contributed by atoms with Crippen LogP contribution in [-0.2, 0) is 0 Å². The van der Waals surface area contributed by atoms with E-state index >= 15 is 0 Å². The number of aromatic nitrogens is 1. The zero-order valence-corrected chi connectivity index (χ0v) is 11.2. The van der Waals surface area contributed by atoms with Crippen molar-refractivity contribution >= 4 is 0 Å². The fourth-order valence-electron chi connectivity index (χ4n) is 2.20. The van der Waals surface area contributed by atoms with Crippen molar-refractivity contribution in [3.8, 4) is 22.4 Å². The van der Waals surface area contributed by atoms with E-state index < -0.39 is 0 Å². The maximum absolute atomic E-state index is 13.3. The molecule has 1 nitrogen and oxygen atoms in total. The van der Waals surface area contributed by atoms with Crippen LogP contribution in [0.1, 0.15) is 5.56 Å². The average Bonchev–Trinajstić information content (AvgIpc) is 2.51. The highest BCUT2D eigenvalue weighted by molar-refractivity contribution is 5.70. The molecule has 2 heteroatoms. The van der Waals surface area contributed by atoms with Gasteiger partial charge in [-0.15, -0.1) is 0 Å². The molecule has 0 saturated carbocycles. The molecule has 1 heterocycles. The van der Waals surface area contributed by atoms with Crippen LogP contribution in [0.3, 0.4) is 0 Å². The number of halogens is 1. The minimum Gasteiger partial charge on any atom is -0.256 e. The summed E-state index contributed by atoms with van der Waals surface area (Å²) in [5.74, 6) is -0.175. The molecule has 0 spiro atoms. The Morgan fingerprint density at radius 1 is 0.800 bits per heavy atom. The smallest absolute Gasteiger partial charge is 0.126 e. The molecule has 0 saturated heterocycles. The van der Waals surface area contributed by atoms with Crippen LogP contribution in [0, 0.1) is 12.7 Å². The van der Waals surface area contributed by atoms with Crippen LogP contribution in [0.4, 0.5) is 4.39 Å². The molecular weight excluding hydrogens is 249 g/mol. The molecule has 0 unspecified atom stereocenters. The molecule has 1 aromatic heterocycles. The number of rotatable bonds is 2. The molecule has 3 aromatic rings. The number of aryl methyl sites for hydroxylation is 1. The van der Waals surface area contributed by atoms with Crippen LogP contribution in [0.25, 0.3) is 22.4 Å². The lowest BCUT2D eigenvalue weighted by Crippen LogP contribution is -1.87. The van der Waals surface area contributed by atoms with E-state index in [9.17, 15) is 4.39 Å². The Morgan fingerprint density at radius 3 is 2.30 bits per heavy atom. The first-order valence-electron chi connectivity index (χ1n) is 6.52. The lowest BCUT2D eigenvalue weighted by Gasteiger charge is -2.06. The van der Waals surface area contributed by atoms with Crippen LogP contribution in [0.2, 0.25) is 0 Å². The molecular formula is C18H14FN. The molecule has 2 aromatic carbocycles. The van der Waals surface area contributed by atoms with E-state index in [0.717, 1.165) is 22.4 Å². The first-order valence-corrected chi connectivity index (χ1v) is 6.52. The van der Waals surface area contributed by atoms with Gasteiger partial charge >= 0.3 is 0 Å². The van der Waals surface area contributed by atoms with Gasteiger partial charge in [0.1, 0.15) is 5.82 Å². The lowest BCUT2D eigenvalue weighted by molar-refractivity contribution is 0.619. The molecule has 0 atom stereocenters. The number of hydrogen-bond donors (Lipinski definition) is 0. The number of nitrogens with zero attached hydrogens (tertiary/aromatic N) is 1. The Kier molecular flexibility index (Phi) is 3.30. The Bertz CT molecular complexity index is 735. The Morgan fingerprint density at radius 2 is 1.55 bits per heavy atom. The Labute approximate surface area is 117 Å². The van der Waals surface area contributed by atoms with Gasteiger partial charge < -0.3 is 0 Å². The highest BCUT2D eigenvalue weighted by Gasteiger charge is 2.04. The van der Waals surface area contributed by atoms with Gasteiger partial charge in [-0.1, -0.05) is 36.4 Å². The molecule has 20 heavy (non-hydrogen) atoms. The van der Waals surface area contributed by atoms with Crippen molar-refractivity contribution in [1.82, 2.24) is 4.98 Å². The lowest BCUT2D eigenvalue weighted by atomic mass is 10.0. The van der Waals surface area contributed by atoms with Crippen LogP contribution < -0.4 is 0 Å². The topological polar surface area (TPSA) is 12.9 Å². The van der Waals surface area contributed by atoms with E-state index in [1.165, 1.54) is 6.07 Å². The second-order valence-electron chi connectivity index (χ2n) is 4.76. The summed E-state index contributed by atoms with van der Waals surface area (Å²) in [6.07, 6.45) is 1.79. The number of benzene rings is 2. The van der Waals surface area contributed by atoms with Crippen molar-refractivity contribution in [2.75, 3.05) is 0 Å². The largest absolute Gasteiger partial charge is 0.256 e. The van der Waals surface area contributed by atoms with E-state index in [2.05, 4.69) is 4.98 Å². The quantitative estimate of drug-likeness (QED) is 0.643. The van der Waals surface area contributed by atoms with Gasteiger partial charge in [0.25, 0.3) is 0 Å². The van der Waals surface area contributed by atoms with E-state index in [0.29, 0.717) is 5.56 Å². The van der Waals surface area contributed by atoms with Crippen LogP contribution in [-0.4, -0.2) is 4.98 Å². The monoisotopic (exact) mass is 263 g/mol. The van der Waals surface area contributed by atoms with E-state index in [1.54, 1.807) is 19.2 Å². The van der Waals surface area contributed by atoms with Gasteiger partial charge in [0.2, 0.25) is 0 Å². The molecule has 0 amide bonds. The maximum Gasteiger partial charge on any atom is 0.126 e. The van der Waals surface area contributed by atoms with Crippen LogP contribution in [0.15, 0.2) is 66.9 Å². The zero-order chi connectivity index (χ0) is 13.9. The standard InChI is InChI=1S/C18H14FN/c1-13-11-15(7-8-17(13)19)16-9-10-20-18(12-16)14-5-3-2-4-6-14/h2-12H,1H3. The predicted molar refractivity (Wildman–Crippen MR) is 79.8 cm³/mol. The molecule has 0 aliphatic heterocycles. The van der Waals surface area contributed by atoms with E-state index in [1.807, 2.05) is 48.5 Å². The number of pyridine rings is 1. The van der Waals surface area contributed by atoms with Crippen molar-refractivity contribution in [3.63, 3.8) is 0 Å². The van der Waals surface area contributed by atoms with E-state index in [-0.39, 0.29) is 5.82 Å². The summed E-state index contributed by atoms with van der Waals surface area (Å²) >= 11 is 0. The fourth-order valence-corrected chi connectivity index (χ4v) is 2.20. The van der Waals surface area contributed by atoms with Gasteiger partial charge in [0, 0.05) is 11.8 Å². The van der Waals surface area contributed by atoms with E-state index in [4.69, 9.17) is 0 Å². The van der Waals surface area contributed by atoms with Gasteiger partial charge in [-0.25, -0.2) is 4.39 Å². The SMILES string of the molecule is Cc1cc(-c2ccnc(-c3ccccc3)c2)ccc1F. The second kappa shape index (κ2) is 5.25. The summed E-state index contributed by atoms with van der Waals surface area (Å²) in [5.41, 5.74) is 4.70. The van der Waals surface area contributed by atoms with Gasteiger partial charge in [0.15, 0.2) is 0 Å². The van der Waals surface area contributed by atoms with Gasteiger partial charge in [-0.2, -0.15) is 0 Å². The molecule has 0 aliphatic carbocycles. The third-order valence-corrected chi connectivity index (χ3v) is 3.32. The zero-order valence-electron chi connectivity index (χ0n) is 11.2. The molecule has 0 aliphatic rings. The minimum absolute atomic E-state index is 0.175. The summed E-state index contributed by atoms with van der Waals surface area (Å²) in [5, 5.41) is 0. The Balaban J connectivity index is 2.05. The molecule has 0 radical (unpaired) electrons. The first kappa shape index (κ1) is 12.5. The van der Waals surface area contributed by atoms with Crippen molar-refractivity contribution in [3.05, 3.63) is 78.2 Å². The maximum atomic E-state index is 13.3. The fraction of sp³-hybridized carbons (Fsp3) is 0.0556. The molecule has 0 fully saturated rings. The average molecular weight is 263 g/mol. The minimum atomic E-state index is -0.175. The van der Waals surface area contributed by atoms with Gasteiger partial charge in [0.05, 0.1) is 5.69 Å². The number of hydrogen-bond acceptors (Lipinski definition) is 1. The summed E-state index contributed by atoms with van der Waals surface area (Å²) in [6.45, 7) is 1.78. The highest BCUT2D eigenvalue weighted by Crippen LogP contribution is 2.25. The molecule has 98 valence electrons. The van der Waals surface area contributed by atoms with Gasteiger partial charge in [-0.3, -0.25) is 4.98 Å². The summed E-state index contributed by atoms with van der Waals surface area (Å²) < 4.78 is 13.3. The highest BCUT2D eigenvalue weighted by atomic mass is 19.1. The van der Waals surface area contributed by atoms with Crippen molar-refractivity contribution in [2.45, 2.75) is 6.92 Å². The van der Waals surface area contributed by atoms with Crippen molar-refractivity contribution in [1.29, 1.82) is 0 Å².